The van der Waals surface area contributed by atoms with Crippen LogP contribution in [0.25, 0.3) is 11.1 Å². The Kier molecular flexibility index (Phi) is 4.79. The van der Waals surface area contributed by atoms with E-state index in [1.54, 1.807) is 0 Å². The van der Waals surface area contributed by atoms with Crippen LogP contribution in [0, 0.1) is 0 Å². The zero-order chi connectivity index (χ0) is 16.9. The number of carbonyl (C=O) groups is 1. The average Bonchev–Trinajstić information content (AvgIpc) is 2.95. The summed E-state index contributed by atoms with van der Waals surface area (Å²) >= 11 is 0. The van der Waals surface area contributed by atoms with E-state index in [0.29, 0.717) is 11.5 Å². The Labute approximate surface area is 140 Å². The molecule has 0 saturated heterocycles. The molecule has 0 unspecified atom stereocenters. The molecule has 0 N–H and O–H groups in total. The highest BCUT2D eigenvalue weighted by Crippen LogP contribution is 2.17. The summed E-state index contributed by atoms with van der Waals surface area (Å²) in [5.74, 6) is 0.801. The molecule has 5 nitrogen and oxygen atoms in total. The van der Waals surface area contributed by atoms with Crippen LogP contribution in [0.2, 0.25) is 0 Å². The number of ether oxygens (including phenoxy) is 2. The molecule has 1 aromatic heterocycles. The number of esters is 1. The van der Waals surface area contributed by atoms with Gasteiger partial charge in [0.25, 0.3) is 0 Å². The van der Waals surface area contributed by atoms with Crippen LogP contribution in [0.5, 0.6) is 5.75 Å². The van der Waals surface area contributed by atoms with Crippen LogP contribution in [0.4, 0.5) is 0 Å². The van der Waals surface area contributed by atoms with Crippen molar-refractivity contribution in [3.63, 3.8) is 0 Å². The third-order valence-corrected chi connectivity index (χ3v) is 3.31. The normalized spacial score (nSPS) is 11.0. The van der Waals surface area contributed by atoms with Gasteiger partial charge < -0.3 is 13.9 Å². The van der Waals surface area contributed by atoms with E-state index in [9.17, 15) is 4.79 Å². The molecule has 5 heteroatoms. The maximum atomic E-state index is 12.0. The predicted molar refractivity (Wildman–Crippen MR) is 89.7 cm³/mol. The van der Waals surface area contributed by atoms with Gasteiger partial charge in [0.2, 0.25) is 5.89 Å². The molecule has 0 fully saturated rings. The third kappa shape index (κ3) is 4.13. The number of nitrogens with zero attached hydrogens (tertiary/aromatic N) is 1. The Morgan fingerprint density at radius 2 is 2.00 bits per heavy atom. The highest BCUT2D eigenvalue weighted by Gasteiger charge is 2.10. The second-order valence-electron chi connectivity index (χ2n) is 5.73. The molecule has 0 aliphatic heterocycles. The number of hydrogen-bond acceptors (Lipinski definition) is 5. The first-order valence-electron chi connectivity index (χ1n) is 7.86. The second kappa shape index (κ2) is 7.17. The third-order valence-electron chi connectivity index (χ3n) is 3.31. The lowest BCUT2D eigenvalue weighted by atomic mass is 10.1. The zero-order valence-electron chi connectivity index (χ0n) is 13.7. The largest absolute Gasteiger partial charge is 0.491 e. The van der Waals surface area contributed by atoms with Crippen LogP contribution in [0.1, 0.15) is 25.3 Å². The molecule has 1 heterocycles. The van der Waals surface area contributed by atoms with Crippen molar-refractivity contribution in [2.45, 2.75) is 33.0 Å². The van der Waals surface area contributed by atoms with Gasteiger partial charge >= 0.3 is 5.97 Å². The average molecular weight is 325 g/mol. The van der Waals surface area contributed by atoms with Crippen molar-refractivity contribution in [2.24, 2.45) is 0 Å². The number of benzene rings is 2. The van der Waals surface area contributed by atoms with Gasteiger partial charge in [-0.1, -0.05) is 24.3 Å². The Balaban J connectivity index is 1.57. The van der Waals surface area contributed by atoms with Crippen molar-refractivity contribution in [1.29, 1.82) is 0 Å². The van der Waals surface area contributed by atoms with E-state index in [2.05, 4.69) is 4.98 Å². The van der Waals surface area contributed by atoms with Gasteiger partial charge in [0.1, 0.15) is 11.3 Å². The minimum absolute atomic E-state index is 0.0235. The molecule has 124 valence electrons. The molecular formula is C19H19NO4. The molecule has 0 amide bonds. The minimum atomic E-state index is -0.334. The molecule has 24 heavy (non-hydrogen) atoms. The summed E-state index contributed by atoms with van der Waals surface area (Å²) in [6, 6.07) is 14.9. The van der Waals surface area contributed by atoms with Crippen LogP contribution >= 0.6 is 0 Å². The number of oxazole rings is 1. The summed E-state index contributed by atoms with van der Waals surface area (Å²) < 4.78 is 16.4. The van der Waals surface area contributed by atoms with Gasteiger partial charge in [0, 0.05) is 0 Å². The van der Waals surface area contributed by atoms with Crippen molar-refractivity contribution in [1.82, 2.24) is 4.98 Å². The van der Waals surface area contributed by atoms with Gasteiger partial charge in [-0.05, 0) is 43.7 Å². The fourth-order valence-corrected chi connectivity index (χ4v) is 2.34. The summed E-state index contributed by atoms with van der Waals surface area (Å²) in [7, 11) is 0. The maximum Gasteiger partial charge on any atom is 0.310 e. The molecule has 3 aromatic rings. The number of rotatable bonds is 6. The quantitative estimate of drug-likeness (QED) is 0.643. The van der Waals surface area contributed by atoms with Gasteiger partial charge in [-0.2, -0.15) is 0 Å². The van der Waals surface area contributed by atoms with Gasteiger partial charge in [-0.25, -0.2) is 4.98 Å². The summed E-state index contributed by atoms with van der Waals surface area (Å²) in [6.45, 7) is 3.94. The zero-order valence-corrected chi connectivity index (χ0v) is 13.7. The molecule has 0 saturated carbocycles. The first-order chi connectivity index (χ1) is 11.6. The fourth-order valence-electron chi connectivity index (χ4n) is 2.34. The van der Waals surface area contributed by atoms with E-state index in [-0.39, 0.29) is 25.1 Å². The smallest absolute Gasteiger partial charge is 0.310 e. The Hall–Kier alpha value is -2.82. The van der Waals surface area contributed by atoms with E-state index in [4.69, 9.17) is 13.9 Å². The predicted octanol–water partition coefficient (Wildman–Crippen LogP) is 3.90. The summed E-state index contributed by atoms with van der Waals surface area (Å²) in [6.07, 6.45) is 0.265. The van der Waals surface area contributed by atoms with Gasteiger partial charge in [-0.15, -0.1) is 0 Å². The van der Waals surface area contributed by atoms with Gasteiger partial charge in [0.05, 0.1) is 12.5 Å². The van der Waals surface area contributed by atoms with E-state index in [0.717, 1.165) is 16.8 Å². The Morgan fingerprint density at radius 1 is 1.17 bits per heavy atom. The topological polar surface area (TPSA) is 61.6 Å². The van der Waals surface area contributed by atoms with Gasteiger partial charge in [-0.3, -0.25) is 4.79 Å². The molecule has 3 rings (SSSR count). The molecule has 0 bridgehead atoms. The first-order valence-corrected chi connectivity index (χ1v) is 7.86. The molecule has 0 atom stereocenters. The monoisotopic (exact) mass is 325 g/mol. The number of aromatic nitrogens is 1. The van der Waals surface area contributed by atoms with Crippen molar-refractivity contribution in [2.75, 3.05) is 0 Å². The second-order valence-corrected chi connectivity index (χ2v) is 5.73. The lowest BCUT2D eigenvalue weighted by molar-refractivity contribution is -0.144. The van der Waals surface area contributed by atoms with E-state index < -0.39 is 0 Å². The molecular weight excluding hydrogens is 306 g/mol. The van der Waals surface area contributed by atoms with Crippen LogP contribution < -0.4 is 4.74 Å². The highest BCUT2D eigenvalue weighted by molar-refractivity contribution is 5.73. The lowest BCUT2D eigenvalue weighted by Gasteiger charge is -2.10. The number of fused-ring (bicyclic) bond motifs is 1. The molecule has 0 radical (unpaired) electrons. The Bertz CT molecular complexity index is 805. The lowest BCUT2D eigenvalue weighted by Crippen LogP contribution is -2.09. The van der Waals surface area contributed by atoms with Crippen molar-refractivity contribution >= 4 is 17.1 Å². The van der Waals surface area contributed by atoms with Crippen molar-refractivity contribution < 1.29 is 18.7 Å². The number of hydrogen-bond donors (Lipinski definition) is 0. The van der Waals surface area contributed by atoms with Gasteiger partial charge in [0.15, 0.2) is 12.2 Å². The number of para-hydroxylation sites is 2. The van der Waals surface area contributed by atoms with Crippen LogP contribution in [0.15, 0.2) is 52.9 Å². The van der Waals surface area contributed by atoms with Crippen molar-refractivity contribution in [3.8, 4) is 5.75 Å². The van der Waals surface area contributed by atoms with Crippen LogP contribution in [-0.2, 0) is 22.6 Å². The van der Waals surface area contributed by atoms with Crippen LogP contribution in [-0.4, -0.2) is 17.1 Å². The maximum absolute atomic E-state index is 12.0. The standard InChI is InChI=1S/C19H19NO4/c1-13(2)23-15-7-5-6-14(10-15)11-19(21)22-12-18-20-16-8-3-4-9-17(16)24-18/h3-10,13H,11-12H2,1-2H3. The molecule has 0 spiro atoms. The van der Waals surface area contributed by atoms with Crippen LogP contribution in [0.3, 0.4) is 0 Å². The number of carbonyl (C=O) groups excluding carboxylic acids is 1. The summed E-state index contributed by atoms with van der Waals surface area (Å²) in [4.78, 5) is 16.3. The molecule has 0 aliphatic rings. The summed E-state index contributed by atoms with van der Waals surface area (Å²) in [5.41, 5.74) is 2.28. The Morgan fingerprint density at radius 3 is 2.79 bits per heavy atom. The van der Waals surface area contributed by atoms with E-state index >= 15 is 0 Å². The highest BCUT2D eigenvalue weighted by atomic mass is 16.5. The molecule has 2 aromatic carbocycles. The first kappa shape index (κ1) is 16.1. The fraction of sp³-hybridized carbons (Fsp3) is 0.263. The SMILES string of the molecule is CC(C)Oc1cccc(CC(=O)OCc2nc3ccccc3o2)c1. The summed E-state index contributed by atoms with van der Waals surface area (Å²) in [5, 5.41) is 0. The molecule has 0 aliphatic carbocycles. The van der Waals surface area contributed by atoms with E-state index in [1.165, 1.54) is 0 Å². The van der Waals surface area contributed by atoms with Crippen molar-refractivity contribution in [3.05, 3.63) is 60.0 Å². The minimum Gasteiger partial charge on any atom is -0.491 e. The van der Waals surface area contributed by atoms with E-state index in [1.807, 2.05) is 62.4 Å².